The van der Waals surface area contributed by atoms with Gasteiger partial charge in [-0.05, 0) is 85.7 Å². The molecule has 0 amide bonds. The van der Waals surface area contributed by atoms with Crippen LogP contribution in [0.2, 0.25) is 5.02 Å². The minimum Gasteiger partial charge on any atom is -0.207 e. The highest BCUT2D eigenvalue weighted by molar-refractivity contribution is 9.09. The summed E-state index contributed by atoms with van der Waals surface area (Å²) in [4.78, 5) is -0.0383. The Hall–Kier alpha value is -0.860. The van der Waals surface area contributed by atoms with Crippen molar-refractivity contribution >= 4 is 27.5 Å². The molecule has 0 saturated heterocycles. The summed E-state index contributed by atoms with van der Waals surface area (Å²) in [7, 11) is 0. The molecule has 3 heteroatoms. The SMILES string of the molecule is Cc1c(C)c(C)c(C(Br)c2ccc(F)cc2Cl)c(C)c1C. The number of rotatable bonds is 2. The molecule has 0 fully saturated rings. The lowest BCUT2D eigenvalue weighted by molar-refractivity contribution is 0.627. The van der Waals surface area contributed by atoms with E-state index in [4.69, 9.17) is 11.6 Å². The Morgan fingerprint density at radius 1 is 0.905 bits per heavy atom. The first-order chi connectivity index (χ1) is 9.75. The monoisotopic (exact) mass is 368 g/mol. The third-order valence-corrected chi connectivity index (χ3v) is 5.83. The molecule has 0 N–H and O–H groups in total. The fourth-order valence-corrected chi connectivity index (χ4v) is 4.27. The first-order valence-electron chi connectivity index (χ1n) is 6.91. The largest absolute Gasteiger partial charge is 0.207 e. The molecule has 1 atom stereocenters. The van der Waals surface area contributed by atoms with Crippen LogP contribution in [0, 0.1) is 40.4 Å². The minimum atomic E-state index is -0.312. The summed E-state index contributed by atoms with van der Waals surface area (Å²) in [6.45, 7) is 10.7. The summed E-state index contributed by atoms with van der Waals surface area (Å²) in [6.07, 6.45) is 0. The summed E-state index contributed by atoms with van der Waals surface area (Å²) in [6, 6.07) is 4.57. The van der Waals surface area contributed by atoms with E-state index in [1.807, 2.05) is 0 Å². The van der Waals surface area contributed by atoms with E-state index in [1.54, 1.807) is 6.07 Å². The maximum absolute atomic E-state index is 13.3. The Bertz CT molecular complexity index is 678. The van der Waals surface area contributed by atoms with Gasteiger partial charge in [0, 0.05) is 5.02 Å². The highest BCUT2D eigenvalue weighted by Crippen LogP contribution is 2.41. The topological polar surface area (TPSA) is 0 Å². The van der Waals surface area contributed by atoms with Crippen molar-refractivity contribution in [2.75, 3.05) is 0 Å². The van der Waals surface area contributed by atoms with Crippen LogP contribution in [-0.2, 0) is 0 Å². The summed E-state index contributed by atoms with van der Waals surface area (Å²) < 4.78 is 13.3. The number of benzene rings is 2. The number of halogens is 3. The standard InChI is InChI=1S/C18H19BrClF/c1-9-10(2)12(4)17(13(5)11(9)3)18(19)15-7-6-14(21)8-16(15)20/h6-8,18H,1-5H3. The predicted octanol–water partition coefficient (Wildman–Crippen LogP) is 6.51. The lowest BCUT2D eigenvalue weighted by Crippen LogP contribution is -2.06. The predicted molar refractivity (Wildman–Crippen MR) is 92.3 cm³/mol. The van der Waals surface area contributed by atoms with Gasteiger partial charge in [0.1, 0.15) is 5.82 Å². The van der Waals surface area contributed by atoms with E-state index in [-0.39, 0.29) is 10.6 Å². The Labute approximate surface area is 139 Å². The van der Waals surface area contributed by atoms with Gasteiger partial charge in [-0.25, -0.2) is 4.39 Å². The van der Waals surface area contributed by atoms with Gasteiger partial charge in [0.25, 0.3) is 0 Å². The molecule has 2 rings (SSSR count). The second-order valence-electron chi connectivity index (χ2n) is 5.57. The number of hydrogen-bond acceptors (Lipinski definition) is 0. The van der Waals surface area contributed by atoms with E-state index in [0.717, 1.165) is 5.56 Å². The Kier molecular flexibility index (Phi) is 4.79. The summed E-state index contributed by atoms with van der Waals surface area (Å²) in [5.41, 5.74) is 8.58. The Balaban J connectivity index is 2.66. The van der Waals surface area contributed by atoms with Gasteiger partial charge in [-0.1, -0.05) is 33.6 Å². The van der Waals surface area contributed by atoms with Gasteiger partial charge < -0.3 is 0 Å². The molecule has 2 aromatic rings. The second kappa shape index (κ2) is 6.10. The first kappa shape index (κ1) is 16.5. The Morgan fingerprint density at radius 2 is 1.38 bits per heavy atom. The van der Waals surface area contributed by atoms with Crippen LogP contribution in [0.1, 0.15) is 43.8 Å². The summed E-state index contributed by atoms with van der Waals surface area (Å²) in [5, 5.41) is 0.451. The molecular weight excluding hydrogens is 351 g/mol. The van der Waals surface area contributed by atoms with Crippen LogP contribution in [0.4, 0.5) is 4.39 Å². The van der Waals surface area contributed by atoms with E-state index >= 15 is 0 Å². The van der Waals surface area contributed by atoms with Crippen molar-refractivity contribution in [2.45, 2.75) is 39.4 Å². The average Bonchev–Trinajstić information content (AvgIpc) is 2.43. The molecule has 0 aliphatic carbocycles. The molecule has 0 aliphatic rings. The van der Waals surface area contributed by atoms with Crippen LogP contribution in [0.5, 0.6) is 0 Å². The third kappa shape index (κ3) is 2.89. The van der Waals surface area contributed by atoms with Gasteiger partial charge in [-0.3, -0.25) is 0 Å². The van der Waals surface area contributed by atoms with Gasteiger partial charge in [0.2, 0.25) is 0 Å². The van der Waals surface area contributed by atoms with Crippen molar-refractivity contribution in [2.24, 2.45) is 0 Å². The molecule has 0 spiro atoms. The molecule has 1 unspecified atom stereocenters. The molecule has 112 valence electrons. The Morgan fingerprint density at radius 3 is 1.86 bits per heavy atom. The van der Waals surface area contributed by atoms with Crippen molar-refractivity contribution in [3.05, 3.63) is 68.0 Å². The van der Waals surface area contributed by atoms with Crippen LogP contribution >= 0.6 is 27.5 Å². The van der Waals surface area contributed by atoms with E-state index in [2.05, 4.69) is 50.5 Å². The summed E-state index contributed by atoms with van der Waals surface area (Å²) >= 11 is 9.98. The normalized spacial score (nSPS) is 12.6. The van der Waals surface area contributed by atoms with Crippen LogP contribution in [0.15, 0.2) is 18.2 Å². The zero-order valence-electron chi connectivity index (χ0n) is 12.9. The molecule has 0 radical (unpaired) electrons. The van der Waals surface area contributed by atoms with Crippen molar-refractivity contribution in [3.8, 4) is 0 Å². The fraction of sp³-hybridized carbons (Fsp3) is 0.333. The van der Waals surface area contributed by atoms with Crippen molar-refractivity contribution in [3.63, 3.8) is 0 Å². The molecular formula is C18H19BrClF. The maximum Gasteiger partial charge on any atom is 0.124 e. The van der Waals surface area contributed by atoms with Gasteiger partial charge in [-0.2, -0.15) is 0 Å². The maximum atomic E-state index is 13.3. The molecule has 0 bridgehead atoms. The van der Waals surface area contributed by atoms with Crippen molar-refractivity contribution in [1.29, 1.82) is 0 Å². The van der Waals surface area contributed by atoms with Crippen LogP contribution in [-0.4, -0.2) is 0 Å². The van der Waals surface area contributed by atoms with Crippen LogP contribution < -0.4 is 0 Å². The number of hydrogen-bond donors (Lipinski definition) is 0. The van der Waals surface area contributed by atoms with E-state index in [0.29, 0.717) is 5.02 Å². The smallest absolute Gasteiger partial charge is 0.124 e. The molecule has 0 nitrogen and oxygen atoms in total. The molecule has 0 aromatic heterocycles. The lowest BCUT2D eigenvalue weighted by Gasteiger charge is -2.23. The molecule has 0 saturated carbocycles. The highest BCUT2D eigenvalue weighted by atomic mass is 79.9. The zero-order chi connectivity index (χ0) is 15.9. The average molecular weight is 370 g/mol. The molecule has 0 aliphatic heterocycles. The van der Waals surface area contributed by atoms with E-state index in [1.165, 1.54) is 45.5 Å². The van der Waals surface area contributed by atoms with Gasteiger partial charge in [-0.15, -0.1) is 0 Å². The molecule has 0 heterocycles. The highest BCUT2D eigenvalue weighted by Gasteiger charge is 2.21. The fourth-order valence-electron chi connectivity index (χ4n) is 2.77. The molecule has 21 heavy (non-hydrogen) atoms. The molecule has 2 aromatic carbocycles. The quantitative estimate of drug-likeness (QED) is 0.530. The lowest BCUT2D eigenvalue weighted by atomic mass is 9.86. The van der Waals surface area contributed by atoms with Gasteiger partial charge >= 0.3 is 0 Å². The number of alkyl halides is 1. The van der Waals surface area contributed by atoms with Gasteiger partial charge in [0.15, 0.2) is 0 Å². The van der Waals surface area contributed by atoms with Crippen molar-refractivity contribution in [1.82, 2.24) is 0 Å². The van der Waals surface area contributed by atoms with E-state index < -0.39 is 0 Å². The summed E-state index contributed by atoms with van der Waals surface area (Å²) in [5.74, 6) is -0.312. The van der Waals surface area contributed by atoms with Crippen LogP contribution in [0.3, 0.4) is 0 Å². The van der Waals surface area contributed by atoms with Gasteiger partial charge in [0.05, 0.1) is 4.83 Å². The second-order valence-corrected chi connectivity index (χ2v) is 6.89. The van der Waals surface area contributed by atoms with E-state index in [9.17, 15) is 4.39 Å². The van der Waals surface area contributed by atoms with Crippen LogP contribution in [0.25, 0.3) is 0 Å². The minimum absolute atomic E-state index is 0.0383. The first-order valence-corrected chi connectivity index (χ1v) is 8.21. The van der Waals surface area contributed by atoms with Crippen molar-refractivity contribution < 1.29 is 4.39 Å². The third-order valence-electron chi connectivity index (χ3n) is 4.55. The zero-order valence-corrected chi connectivity index (χ0v) is 15.3.